The van der Waals surface area contributed by atoms with Gasteiger partial charge >= 0.3 is 0 Å². The number of anilines is 1. The molecule has 39 heavy (non-hydrogen) atoms. The number of carbonyl (C=O) groups excluding carboxylic acids is 1. The van der Waals surface area contributed by atoms with Crippen molar-refractivity contribution < 1.29 is 17.6 Å². The summed E-state index contributed by atoms with van der Waals surface area (Å²) < 4.78 is 33.6. The second-order valence-electron chi connectivity index (χ2n) is 9.62. The molecule has 1 aliphatic heterocycles. The van der Waals surface area contributed by atoms with E-state index < -0.39 is 22.0 Å². The summed E-state index contributed by atoms with van der Waals surface area (Å²) in [6.45, 7) is 7.61. The molecule has 4 aromatic rings. The Balaban J connectivity index is 1.62. The predicted molar refractivity (Wildman–Crippen MR) is 148 cm³/mol. The number of rotatable bonds is 6. The molecule has 0 bridgehead atoms. The standard InChI is InChI=1S/C26H27ClN6O5S/c1-13-9-16(15(3)30-19-5-6-21(27)31-22(19)26(35)32-39(4,36)37)25-17(10-13)23(34)14(2)24(38-25)18-11-29-33-8-7-28-12-20(18)33/h5-6,9-11,15,28,30H,7-8,12H2,1-4H3,(H,32,35). The number of fused-ring (bicyclic) bond motifs is 2. The number of halogens is 1. The van der Waals surface area contributed by atoms with Crippen molar-refractivity contribution in [1.29, 1.82) is 0 Å². The lowest BCUT2D eigenvalue weighted by atomic mass is 9.98. The second kappa shape index (κ2) is 10.1. The Bertz CT molecular complexity index is 1800. The normalized spacial score (nSPS) is 14.2. The van der Waals surface area contributed by atoms with Gasteiger partial charge in [0.15, 0.2) is 11.1 Å². The lowest BCUT2D eigenvalue weighted by Crippen LogP contribution is -2.31. The van der Waals surface area contributed by atoms with E-state index in [1.165, 1.54) is 6.07 Å². The third kappa shape index (κ3) is 5.27. The Morgan fingerprint density at radius 1 is 1.26 bits per heavy atom. The van der Waals surface area contributed by atoms with Crippen molar-refractivity contribution in [3.63, 3.8) is 0 Å². The Kier molecular flexibility index (Phi) is 6.95. The molecule has 1 amide bonds. The average Bonchev–Trinajstić information content (AvgIpc) is 3.30. The van der Waals surface area contributed by atoms with E-state index in [0.717, 1.165) is 36.2 Å². The zero-order valence-corrected chi connectivity index (χ0v) is 23.3. The van der Waals surface area contributed by atoms with Crippen molar-refractivity contribution in [2.75, 3.05) is 18.1 Å². The Labute approximate surface area is 229 Å². The summed E-state index contributed by atoms with van der Waals surface area (Å²) in [7, 11) is -3.83. The van der Waals surface area contributed by atoms with E-state index >= 15 is 0 Å². The Morgan fingerprint density at radius 2 is 2.03 bits per heavy atom. The molecule has 1 atom stereocenters. The van der Waals surface area contributed by atoms with E-state index in [9.17, 15) is 18.0 Å². The maximum atomic E-state index is 13.6. The van der Waals surface area contributed by atoms with E-state index in [1.807, 2.05) is 29.3 Å². The second-order valence-corrected chi connectivity index (χ2v) is 11.8. The first-order chi connectivity index (χ1) is 18.4. The monoisotopic (exact) mass is 570 g/mol. The summed E-state index contributed by atoms with van der Waals surface area (Å²) >= 11 is 6.00. The third-order valence-electron chi connectivity index (χ3n) is 6.57. The van der Waals surface area contributed by atoms with Crippen LogP contribution in [-0.2, 0) is 23.1 Å². The lowest BCUT2D eigenvalue weighted by molar-refractivity contribution is 0.0977. The minimum absolute atomic E-state index is 0.0259. The van der Waals surface area contributed by atoms with Crippen LogP contribution in [0.2, 0.25) is 5.15 Å². The SMILES string of the molecule is Cc1cc(C(C)Nc2ccc(Cl)nc2C(=O)NS(C)(=O)=O)c2oc(-c3cnn4c3CNCC4)c(C)c(=O)c2c1. The first-order valence-electron chi connectivity index (χ1n) is 12.2. The van der Waals surface area contributed by atoms with Gasteiger partial charge in [-0.15, -0.1) is 0 Å². The van der Waals surface area contributed by atoms with E-state index in [-0.39, 0.29) is 22.0 Å². The fourth-order valence-electron chi connectivity index (χ4n) is 4.77. The lowest BCUT2D eigenvalue weighted by Gasteiger charge is -2.20. The number of carbonyl (C=O) groups is 1. The Hall–Kier alpha value is -3.74. The molecule has 0 spiro atoms. The first-order valence-corrected chi connectivity index (χ1v) is 14.5. The molecule has 1 aromatic carbocycles. The van der Waals surface area contributed by atoms with Gasteiger partial charge in [-0.05, 0) is 44.5 Å². The number of nitrogens with zero attached hydrogens (tertiary/aromatic N) is 3. The molecule has 0 radical (unpaired) electrons. The zero-order chi connectivity index (χ0) is 28.1. The maximum absolute atomic E-state index is 13.6. The summed E-state index contributed by atoms with van der Waals surface area (Å²) in [4.78, 5) is 30.3. The van der Waals surface area contributed by atoms with Gasteiger partial charge < -0.3 is 15.1 Å². The Morgan fingerprint density at radius 3 is 2.77 bits per heavy atom. The number of sulfonamides is 1. The summed E-state index contributed by atoms with van der Waals surface area (Å²) in [5.74, 6) is -0.469. The van der Waals surface area contributed by atoms with Crippen LogP contribution >= 0.6 is 11.6 Å². The van der Waals surface area contributed by atoms with Gasteiger partial charge in [0, 0.05) is 24.2 Å². The van der Waals surface area contributed by atoms with Crippen LogP contribution in [-0.4, -0.2) is 41.9 Å². The maximum Gasteiger partial charge on any atom is 0.285 e. The van der Waals surface area contributed by atoms with E-state index in [1.54, 1.807) is 25.3 Å². The molecule has 13 heteroatoms. The molecule has 3 N–H and O–H groups in total. The van der Waals surface area contributed by atoms with Crippen molar-refractivity contribution in [2.24, 2.45) is 0 Å². The van der Waals surface area contributed by atoms with Crippen molar-refractivity contribution in [3.05, 3.63) is 73.9 Å². The highest BCUT2D eigenvalue weighted by molar-refractivity contribution is 7.89. The summed E-state index contributed by atoms with van der Waals surface area (Å²) in [6, 6.07) is 6.23. The van der Waals surface area contributed by atoms with Crippen molar-refractivity contribution in [2.45, 2.75) is 39.9 Å². The van der Waals surface area contributed by atoms with Crippen LogP contribution < -0.4 is 20.8 Å². The first kappa shape index (κ1) is 26.9. The minimum Gasteiger partial charge on any atom is -0.455 e. The van der Waals surface area contributed by atoms with Crippen molar-refractivity contribution >= 4 is 44.2 Å². The van der Waals surface area contributed by atoms with Gasteiger partial charge in [-0.25, -0.2) is 18.1 Å². The molecule has 1 unspecified atom stereocenters. The van der Waals surface area contributed by atoms with E-state index in [0.29, 0.717) is 34.4 Å². The number of amides is 1. The van der Waals surface area contributed by atoms with Gasteiger partial charge in [0.25, 0.3) is 5.91 Å². The molecule has 4 heterocycles. The summed E-state index contributed by atoms with van der Waals surface area (Å²) in [6.07, 6.45) is 2.60. The molecule has 0 saturated carbocycles. The van der Waals surface area contributed by atoms with Crippen molar-refractivity contribution in [3.8, 4) is 11.3 Å². The molecule has 204 valence electrons. The average molecular weight is 571 g/mol. The van der Waals surface area contributed by atoms with Crippen LogP contribution in [0.4, 0.5) is 5.69 Å². The number of aromatic nitrogens is 3. The fourth-order valence-corrected chi connectivity index (χ4v) is 5.35. The van der Waals surface area contributed by atoms with Crippen LogP contribution in [0.15, 0.2) is 39.7 Å². The van der Waals surface area contributed by atoms with Gasteiger partial charge in [-0.3, -0.25) is 14.3 Å². The van der Waals surface area contributed by atoms with Crippen LogP contribution in [0, 0.1) is 13.8 Å². The summed E-state index contributed by atoms with van der Waals surface area (Å²) in [5, 5.41) is 11.5. The third-order valence-corrected chi connectivity index (χ3v) is 7.34. The number of aryl methyl sites for hydroxylation is 1. The van der Waals surface area contributed by atoms with E-state index in [2.05, 4.69) is 20.7 Å². The van der Waals surface area contributed by atoms with Gasteiger partial charge in [-0.1, -0.05) is 17.7 Å². The quantitative estimate of drug-likeness (QED) is 0.297. The molecule has 0 saturated heterocycles. The highest BCUT2D eigenvalue weighted by Crippen LogP contribution is 2.34. The molecule has 3 aromatic heterocycles. The van der Waals surface area contributed by atoms with Crippen molar-refractivity contribution in [1.82, 2.24) is 24.8 Å². The fraction of sp³-hybridized carbons (Fsp3) is 0.308. The van der Waals surface area contributed by atoms with Crippen LogP contribution in [0.25, 0.3) is 22.3 Å². The molecule has 0 aliphatic carbocycles. The molecular weight excluding hydrogens is 544 g/mol. The zero-order valence-electron chi connectivity index (χ0n) is 21.8. The molecule has 1 aliphatic rings. The highest BCUT2D eigenvalue weighted by atomic mass is 35.5. The van der Waals surface area contributed by atoms with Crippen LogP contribution in [0.3, 0.4) is 0 Å². The summed E-state index contributed by atoms with van der Waals surface area (Å²) in [5.41, 5.74) is 4.04. The molecule has 0 fully saturated rings. The van der Waals surface area contributed by atoms with Gasteiger partial charge in [0.2, 0.25) is 10.0 Å². The number of hydrogen-bond acceptors (Lipinski definition) is 9. The van der Waals surface area contributed by atoms with Gasteiger partial charge in [-0.2, -0.15) is 5.10 Å². The number of nitrogens with one attached hydrogen (secondary N) is 3. The van der Waals surface area contributed by atoms with Crippen LogP contribution in [0.1, 0.15) is 45.8 Å². The van der Waals surface area contributed by atoms with Gasteiger partial charge in [0.05, 0.1) is 47.4 Å². The number of benzene rings is 1. The van der Waals surface area contributed by atoms with E-state index in [4.69, 9.17) is 16.0 Å². The minimum atomic E-state index is -3.83. The van der Waals surface area contributed by atoms with Crippen LogP contribution in [0.5, 0.6) is 0 Å². The number of hydrogen-bond donors (Lipinski definition) is 3. The topological polar surface area (TPSA) is 148 Å². The molecule has 11 nitrogen and oxygen atoms in total. The highest BCUT2D eigenvalue weighted by Gasteiger charge is 2.25. The largest absolute Gasteiger partial charge is 0.455 e. The molecule has 5 rings (SSSR count). The smallest absolute Gasteiger partial charge is 0.285 e. The van der Waals surface area contributed by atoms with Gasteiger partial charge in [0.1, 0.15) is 16.5 Å². The number of pyridine rings is 1. The molecular formula is C26H27ClN6O5S. The predicted octanol–water partition coefficient (Wildman–Crippen LogP) is 3.29.